The number of aliphatic hydroxyl groups is 4. The van der Waals surface area contributed by atoms with Crippen LogP contribution in [0.2, 0.25) is 0 Å². The number of methoxy groups -OCH3 is 2. The van der Waals surface area contributed by atoms with Gasteiger partial charge in [0.15, 0.2) is 35.7 Å². The molecule has 12 atom stereocenters. The number of carbonyl (C=O) groups is 6. The van der Waals surface area contributed by atoms with Crippen molar-refractivity contribution in [2.75, 3.05) is 27.6 Å². The number of halogens is 2. The van der Waals surface area contributed by atoms with E-state index in [0.717, 1.165) is 6.92 Å². The number of hydrogen-bond acceptors (Lipinski definition) is 20. The summed E-state index contributed by atoms with van der Waals surface area (Å²) in [4.78, 5) is 79.1. The zero-order valence-corrected chi connectivity index (χ0v) is 42.3. The largest absolute Gasteiger partial charge is 0.507 e. The number of hydrogen-bond donors (Lipinski definition) is 8. The van der Waals surface area contributed by atoms with Gasteiger partial charge in [0, 0.05) is 77.9 Å². The maximum atomic E-state index is 13.6. The summed E-state index contributed by atoms with van der Waals surface area (Å²) in [5, 5.41) is 76.9. The number of ether oxygens (including phenoxy) is 6. The fraction of sp³-hybridized carbons (Fsp3) is 0.455. The van der Waals surface area contributed by atoms with Crippen LogP contribution in [0.3, 0.4) is 0 Å². The van der Waals surface area contributed by atoms with Gasteiger partial charge in [-0.1, -0.05) is 31.2 Å². The number of phenolic OH excluding ortho intramolecular Hbond substituents is 3. The summed E-state index contributed by atoms with van der Waals surface area (Å²) in [6.07, 6.45) is -10.8. The Morgan fingerprint density at radius 2 is 1.13 bits per heavy atom. The molecule has 0 radical (unpaired) electrons. The van der Waals surface area contributed by atoms with E-state index >= 15 is 0 Å². The highest BCUT2D eigenvalue weighted by Crippen LogP contribution is 2.53. The Kier molecular flexibility index (Phi) is 14.8. The van der Waals surface area contributed by atoms with Crippen LogP contribution in [-0.4, -0.2) is 152 Å². The Labute approximate surface area is 438 Å². The van der Waals surface area contributed by atoms with Crippen LogP contribution in [-0.2, 0) is 41.4 Å². The van der Waals surface area contributed by atoms with E-state index < -0.39 is 155 Å². The van der Waals surface area contributed by atoms with Crippen LogP contribution in [0.15, 0.2) is 42.5 Å². The van der Waals surface area contributed by atoms with Gasteiger partial charge in [0.05, 0.1) is 66.5 Å². The summed E-state index contributed by atoms with van der Waals surface area (Å²) in [6.45, 7) is 2.04. The molecule has 0 bridgehead atoms. The molecule has 2 fully saturated rings. The predicted octanol–water partition coefficient (Wildman–Crippen LogP) is 3.56. The Morgan fingerprint density at radius 1 is 0.649 bits per heavy atom. The first-order valence-electron chi connectivity index (χ1n) is 24.8. The fourth-order valence-corrected chi connectivity index (χ4v) is 11.4. The molecule has 4 aromatic carbocycles. The summed E-state index contributed by atoms with van der Waals surface area (Å²) >= 11 is 0. The Bertz CT molecular complexity index is 3140. The number of alkyl halides is 2. The van der Waals surface area contributed by atoms with Gasteiger partial charge in [-0.15, -0.1) is 0 Å². The SMILES string of the molecule is COc1cccc2c1C(=O)c1c(O)c3c(c(O)c1C2=O)CC(O)(C(C)=O)CC3OC1CC(C)C(O)C(CF)O1.COc1cccc2c1C(=O)c1c(cc3c(c1O)C(OC1CC(N)C(O)C(CF)O1)CC(O)(C(C)=O)C3)C2=O. The van der Waals surface area contributed by atoms with Crippen LogP contribution >= 0.6 is 0 Å². The van der Waals surface area contributed by atoms with Gasteiger partial charge in [0.1, 0.15) is 65.5 Å². The van der Waals surface area contributed by atoms with Crippen LogP contribution in [0.5, 0.6) is 28.7 Å². The molecule has 9 N–H and O–H groups in total. The molecule has 0 saturated carbocycles. The molecule has 22 heteroatoms. The number of ketones is 6. The molecule has 77 heavy (non-hydrogen) atoms. The van der Waals surface area contributed by atoms with Crippen molar-refractivity contribution < 1.29 is 102 Å². The van der Waals surface area contributed by atoms with E-state index in [0.29, 0.717) is 0 Å². The lowest BCUT2D eigenvalue weighted by Gasteiger charge is -2.42. The molecule has 2 aliphatic heterocycles. The molecule has 4 aliphatic carbocycles. The number of nitrogens with two attached hydrogens (primary N) is 1. The fourth-order valence-electron chi connectivity index (χ4n) is 11.4. The standard InChI is InChI=1S/C28H29FO10.C27H28FNO9/c1-11-7-18(39-17(10-29)23(11)31)38-16-9-28(36,12(2)30)8-14-20(16)27(35)22-21(25(14)33)24(32)13-5-4-6-15(37-3)19(13)26(22)34;1-11(30)27(35)8-12-6-14-22(26(34)21-13(23(14)31)4-3-5-16(21)36-2)25(33)20(12)17(9-27)37-19-7-15(29)24(32)18(10-28)38-19/h4-6,11,16-18,23,31,33,35-36H,7-10H2,1-3H3;3-6,15,17-19,24,32-33,35H,7-10,29H2,1-2H3. The molecule has 4 aromatic rings. The third-order valence-electron chi connectivity index (χ3n) is 15.7. The molecule has 12 unspecified atom stereocenters. The van der Waals surface area contributed by atoms with Crippen LogP contribution in [0.1, 0.15) is 145 Å². The van der Waals surface area contributed by atoms with Crippen LogP contribution in [0.25, 0.3) is 0 Å². The molecule has 0 spiro atoms. The van der Waals surface area contributed by atoms with Crippen LogP contribution in [0.4, 0.5) is 8.78 Å². The number of aliphatic hydroxyl groups excluding tert-OH is 2. The summed E-state index contributed by atoms with van der Waals surface area (Å²) in [5.41, 5.74) is 0.900. The number of Topliss-reactive ketones (excluding diaryl/α,β-unsaturated/α-hetero) is 2. The minimum Gasteiger partial charge on any atom is -0.507 e. The highest BCUT2D eigenvalue weighted by molar-refractivity contribution is 6.32. The first-order chi connectivity index (χ1) is 36.4. The Balaban J connectivity index is 0.000000188. The zero-order chi connectivity index (χ0) is 55.9. The quantitative estimate of drug-likeness (QED) is 0.0909. The van der Waals surface area contributed by atoms with E-state index in [4.69, 9.17) is 34.2 Å². The lowest BCUT2D eigenvalue weighted by Crippen LogP contribution is -2.54. The molecule has 6 aliphatic rings. The average molecular weight is 1070 g/mol. The molecule has 10 rings (SSSR count). The van der Waals surface area contributed by atoms with E-state index in [9.17, 15) is 73.3 Å². The number of rotatable bonds is 10. The number of aromatic hydroxyl groups is 3. The monoisotopic (exact) mass is 1070 g/mol. The maximum absolute atomic E-state index is 13.6. The highest BCUT2D eigenvalue weighted by Gasteiger charge is 2.51. The van der Waals surface area contributed by atoms with Crippen molar-refractivity contribution in [3.63, 3.8) is 0 Å². The van der Waals surface area contributed by atoms with Crippen molar-refractivity contribution in [1.29, 1.82) is 0 Å². The van der Waals surface area contributed by atoms with Gasteiger partial charge in [-0.05, 0) is 43.5 Å². The molecule has 0 amide bonds. The normalized spacial score (nSPS) is 30.1. The van der Waals surface area contributed by atoms with Crippen molar-refractivity contribution in [1.82, 2.24) is 0 Å². The smallest absolute Gasteiger partial charge is 0.202 e. The maximum Gasteiger partial charge on any atom is 0.202 e. The highest BCUT2D eigenvalue weighted by atomic mass is 19.1. The topological polar surface area (TPSA) is 325 Å². The van der Waals surface area contributed by atoms with Gasteiger partial charge in [-0.3, -0.25) is 28.8 Å². The third-order valence-corrected chi connectivity index (χ3v) is 15.7. The average Bonchev–Trinajstić information content (AvgIpc) is 3.41. The van der Waals surface area contributed by atoms with Crippen LogP contribution < -0.4 is 15.2 Å². The molecule has 20 nitrogen and oxygen atoms in total. The summed E-state index contributed by atoms with van der Waals surface area (Å²) in [7, 11) is 2.69. The van der Waals surface area contributed by atoms with E-state index in [1.807, 2.05) is 0 Å². The molecular weight excluding hydrogens is 1020 g/mol. The lowest BCUT2D eigenvalue weighted by molar-refractivity contribution is -0.261. The van der Waals surface area contributed by atoms with E-state index in [1.165, 1.54) is 57.5 Å². The van der Waals surface area contributed by atoms with Gasteiger partial charge in [-0.25, -0.2) is 8.78 Å². The number of phenols is 3. The summed E-state index contributed by atoms with van der Waals surface area (Å²) in [5.74, 6) is -5.85. The van der Waals surface area contributed by atoms with Crippen molar-refractivity contribution >= 4 is 34.7 Å². The second-order valence-electron chi connectivity index (χ2n) is 20.4. The van der Waals surface area contributed by atoms with Gasteiger partial charge in [0.2, 0.25) is 11.6 Å². The molecule has 410 valence electrons. The second-order valence-corrected chi connectivity index (χ2v) is 20.4. The van der Waals surface area contributed by atoms with Gasteiger partial charge in [0.25, 0.3) is 0 Å². The molecule has 2 saturated heterocycles. The summed E-state index contributed by atoms with van der Waals surface area (Å²) in [6, 6.07) is 9.49. The van der Waals surface area contributed by atoms with Gasteiger partial charge >= 0.3 is 0 Å². The third kappa shape index (κ3) is 9.17. The van der Waals surface area contributed by atoms with Gasteiger partial charge < -0.3 is 69.9 Å². The second kappa shape index (κ2) is 20.6. The number of benzene rings is 4. The molecule has 2 heterocycles. The van der Waals surface area contributed by atoms with E-state index in [-0.39, 0.29) is 99.2 Å². The Hall–Kier alpha value is -6.60. The Morgan fingerprint density at radius 3 is 1.68 bits per heavy atom. The van der Waals surface area contributed by atoms with E-state index in [2.05, 4.69) is 0 Å². The minimum atomic E-state index is -2.04. The zero-order valence-electron chi connectivity index (χ0n) is 42.3. The van der Waals surface area contributed by atoms with Crippen molar-refractivity contribution in [2.45, 2.75) is 126 Å². The predicted molar refractivity (Wildman–Crippen MR) is 261 cm³/mol. The minimum absolute atomic E-state index is 0.0117. The molecule has 0 aromatic heterocycles. The number of fused-ring (bicyclic) bond motifs is 6. The molecular formula is C55H57F2NO19. The van der Waals surface area contributed by atoms with Crippen molar-refractivity contribution in [3.8, 4) is 28.7 Å². The van der Waals surface area contributed by atoms with Crippen molar-refractivity contribution in [3.05, 3.63) is 109 Å². The summed E-state index contributed by atoms with van der Waals surface area (Å²) < 4.78 is 60.7. The van der Waals surface area contributed by atoms with E-state index in [1.54, 1.807) is 13.0 Å². The first kappa shape index (κ1) is 55.2. The first-order valence-corrected chi connectivity index (χ1v) is 24.8. The van der Waals surface area contributed by atoms with Crippen molar-refractivity contribution in [2.24, 2.45) is 11.7 Å². The number of carbonyl (C=O) groups excluding carboxylic acids is 6. The van der Waals surface area contributed by atoms with Gasteiger partial charge in [-0.2, -0.15) is 0 Å². The van der Waals surface area contributed by atoms with Crippen LogP contribution in [0, 0.1) is 5.92 Å². The lowest BCUT2D eigenvalue weighted by atomic mass is 9.72.